The molecule has 0 aliphatic carbocycles. The van der Waals surface area contributed by atoms with Gasteiger partial charge in [-0.1, -0.05) is 12.1 Å². The fourth-order valence-electron chi connectivity index (χ4n) is 5.47. The minimum atomic E-state index is -0.987. The van der Waals surface area contributed by atoms with Gasteiger partial charge in [-0.2, -0.15) is 0 Å². The molecule has 42 heavy (non-hydrogen) atoms. The van der Waals surface area contributed by atoms with E-state index in [4.69, 9.17) is 21.7 Å². The van der Waals surface area contributed by atoms with Crippen LogP contribution in [-0.2, 0) is 9.53 Å². The molecule has 1 amide bonds. The Morgan fingerprint density at radius 1 is 1.05 bits per heavy atom. The van der Waals surface area contributed by atoms with Crippen molar-refractivity contribution >= 4 is 40.6 Å². The van der Waals surface area contributed by atoms with E-state index in [1.807, 2.05) is 59.7 Å². The standard InChI is InChI=1S/C31H31N5O5S/c1-18-14-23(19(2)35(18)21-9-7-8-20(15-21)30(38)39)29-28(24-10-5-6-13-32-24)34-31(42)36(29)22-11-12-26(41-4)25(16-22)33-27(37)17-40-3/h5-16,28-29H,17H2,1-4H3,(H,33,37)(H,34,42)(H,38,39)/t28-,29-/m0/s1. The Morgan fingerprint density at radius 2 is 1.86 bits per heavy atom. The van der Waals surface area contributed by atoms with E-state index in [2.05, 4.69) is 21.7 Å². The molecule has 216 valence electrons. The third-order valence-corrected chi connectivity index (χ3v) is 7.56. The monoisotopic (exact) mass is 585 g/mol. The summed E-state index contributed by atoms with van der Waals surface area (Å²) in [6, 6.07) is 19.6. The van der Waals surface area contributed by atoms with Gasteiger partial charge in [0, 0.05) is 36.1 Å². The van der Waals surface area contributed by atoms with Gasteiger partial charge in [0.05, 0.1) is 36.1 Å². The summed E-state index contributed by atoms with van der Waals surface area (Å²) in [5.74, 6) is -0.806. The van der Waals surface area contributed by atoms with Crippen molar-refractivity contribution < 1.29 is 24.2 Å². The summed E-state index contributed by atoms with van der Waals surface area (Å²) >= 11 is 5.91. The van der Waals surface area contributed by atoms with Crippen LogP contribution >= 0.6 is 12.2 Å². The third kappa shape index (κ3) is 5.44. The topological polar surface area (TPSA) is 118 Å². The molecular weight excluding hydrogens is 554 g/mol. The van der Waals surface area contributed by atoms with Crippen molar-refractivity contribution in [2.75, 3.05) is 31.0 Å². The van der Waals surface area contributed by atoms with Crippen molar-refractivity contribution in [3.63, 3.8) is 0 Å². The van der Waals surface area contributed by atoms with Crippen LogP contribution in [0, 0.1) is 13.8 Å². The molecule has 2 aromatic carbocycles. The zero-order chi connectivity index (χ0) is 30.0. The molecule has 2 aromatic heterocycles. The number of hydrogen-bond donors (Lipinski definition) is 3. The molecule has 11 heteroatoms. The van der Waals surface area contributed by atoms with E-state index in [1.165, 1.54) is 14.2 Å². The van der Waals surface area contributed by atoms with Crippen LogP contribution < -0.4 is 20.3 Å². The average molecular weight is 586 g/mol. The van der Waals surface area contributed by atoms with Crippen molar-refractivity contribution in [3.05, 3.63) is 101 Å². The quantitative estimate of drug-likeness (QED) is 0.234. The molecular formula is C31H31N5O5S. The molecule has 0 bridgehead atoms. The van der Waals surface area contributed by atoms with E-state index in [1.54, 1.807) is 30.5 Å². The van der Waals surface area contributed by atoms with E-state index < -0.39 is 5.97 Å². The van der Waals surface area contributed by atoms with Gasteiger partial charge in [-0.3, -0.25) is 9.78 Å². The number of benzene rings is 2. The minimum Gasteiger partial charge on any atom is -0.495 e. The predicted octanol–water partition coefficient (Wildman–Crippen LogP) is 4.96. The number of thiocarbonyl (C=S) groups is 1. The van der Waals surface area contributed by atoms with Crippen LogP contribution in [0.15, 0.2) is 72.9 Å². The van der Waals surface area contributed by atoms with E-state index in [-0.39, 0.29) is 30.2 Å². The second-order valence-electron chi connectivity index (χ2n) is 9.88. The third-order valence-electron chi connectivity index (χ3n) is 7.25. The Labute approximate surface area is 248 Å². The normalized spacial score (nSPS) is 16.3. The van der Waals surface area contributed by atoms with Gasteiger partial charge in [-0.25, -0.2) is 4.79 Å². The lowest BCUT2D eigenvalue weighted by atomic mass is 9.96. The first-order valence-corrected chi connectivity index (χ1v) is 13.6. The number of pyridine rings is 1. The number of aryl methyl sites for hydroxylation is 1. The number of aromatic carboxylic acids is 1. The molecule has 3 heterocycles. The molecule has 0 saturated carbocycles. The Balaban J connectivity index is 1.65. The Kier molecular flexibility index (Phi) is 8.23. The molecule has 5 rings (SSSR count). The van der Waals surface area contributed by atoms with Crippen molar-refractivity contribution in [2.24, 2.45) is 0 Å². The molecule has 3 N–H and O–H groups in total. The van der Waals surface area contributed by atoms with Gasteiger partial charge in [-0.05, 0) is 86.2 Å². The van der Waals surface area contributed by atoms with Gasteiger partial charge in [0.25, 0.3) is 0 Å². The molecule has 10 nitrogen and oxygen atoms in total. The maximum absolute atomic E-state index is 12.4. The maximum atomic E-state index is 12.4. The van der Waals surface area contributed by atoms with Crippen molar-refractivity contribution in [3.8, 4) is 11.4 Å². The summed E-state index contributed by atoms with van der Waals surface area (Å²) in [5, 5.41) is 16.4. The first kappa shape index (κ1) is 28.8. The summed E-state index contributed by atoms with van der Waals surface area (Å²) in [4.78, 5) is 30.7. The van der Waals surface area contributed by atoms with Crippen LogP contribution in [0.2, 0.25) is 0 Å². The highest BCUT2D eigenvalue weighted by atomic mass is 32.1. The highest BCUT2D eigenvalue weighted by Crippen LogP contribution is 2.45. The number of nitrogens with zero attached hydrogens (tertiary/aromatic N) is 3. The number of carboxylic acids is 1. The summed E-state index contributed by atoms with van der Waals surface area (Å²) < 4.78 is 12.5. The summed E-state index contributed by atoms with van der Waals surface area (Å²) in [7, 11) is 3.00. The van der Waals surface area contributed by atoms with E-state index in [9.17, 15) is 14.7 Å². The zero-order valence-corrected chi connectivity index (χ0v) is 24.4. The number of aromatic nitrogens is 2. The van der Waals surface area contributed by atoms with Crippen LogP contribution in [0.25, 0.3) is 5.69 Å². The number of methoxy groups -OCH3 is 2. The van der Waals surface area contributed by atoms with Gasteiger partial charge in [0.2, 0.25) is 5.91 Å². The molecule has 1 saturated heterocycles. The van der Waals surface area contributed by atoms with E-state index in [0.29, 0.717) is 16.5 Å². The highest BCUT2D eigenvalue weighted by molar-refractivity contribution is 7.80. The first-order valence-electron chi connectivity index (χ1n) is 13.2. The molecule has 0 unspecified atom stereocenters. The molecule has 4 aromatic rings. The fraction of sp³-hybridized carbons (Fsp3) is 0.226. The van der Waals surface area contributed by atoms with Gasteiger partial charge >= 0.3 is 5.97 Å². The SMILES string of the molecule is COCC(=O)Nc1cc(N2C(=S)N[C@@H](c3ccccn3)[C@@H]2c2cc(C)n(-c3cccc(C(=O)O)c3)c2C)ccc1OC. The lowest BCUT2D eigenvalue weighted by molar-refractivity contribution is -0.119. The van der Waals surface area contributed by atoms with E-state index >= 15 is 0 Å². The summed E-state index contributed by atoms with van der Waals surface area (Å²) in [6.45, 7) is 3.90. The maximum Gasteiger partial charge on any atom is 0.335 e. The van der Waals surface area contributed by atoms with Crippen molar-refractivity contribution in [1.82, 2.24) is 14.9 Å². The Morgan fingerprint density at radius 3 is 2.55 bits per heavy atom. The number of carbonyl (C=O) groups excluding carboxylic acids is 1. The van der Waals surface area contributed by atoms with Crippen LogP contribution in [0.5, 0.6) is 5.75 Å². The number of ether oxygens (including phenoxy) is 2. The molecule has 0 spiro atoms. The number of carboxylic acid groups (broad SMARTS) is 1. The van der Waals surface area contributed by atoms with Crippen molar-refractivity contribution in [2.45, 2.75) is 25.9 Å². The molecule has 1 aliphatic rings. The minimum absolute atomic E-state index is 0.101. The smallest absolute Gasteiger partial charge is 0.335 e. The molecule has 2 atom stereocenters. The van der Waals surface area contributed by atoms with Gasteiger partial charge in [0.15, 0.2) is 5.11 Å². The zero-order valence-electron chi connectivity index (χ0n) is 23.6. The van der Waals surface area contributed by atoms with Crippen LogP contribution in [0.4, 0.5) is 11.4 Å². The molecule has 1 fully saturated rings. The van der Waals surface area contributed by atoms with Gasteiger partial charge in [-0.15, -0.1) is 0 Å². The number of carbonyl (C=O) groups is 2. The Hall–Kier alpha value is -4.74. The molecule has 1 aliphatic heterocycles. The lowest BCUT2D eigenvalue weighted by Gasteiger charge is -2.29. The Bertz CT molecular complexity index is 1650. The van der Waals surface area contributed by atoms with Gasteiger partial charge < -0.3 is 34.7 Å². The highest BCUT2D eigenvalue weighted by Gasteiger charge is 2.42. The van der Waals surface area contributed by atoms with Crippen molar-refractivity contribution in [1.29, 1.82) is 0 Å². The number of anilines is 2. The van der Waals surface area contributed by atoms with Crippen LogP contribution in [0.3, 0.4) is 0 Å². The second kappa shape index (κ2) is 12.0. The average Bonchev–Trinajstić information content (AvgIpc) is 3.48. The lowest BCUT2D eigenvalue weighted by Crippen LogP contribution is -2.29. The van der Waals surface area contributed by atoms with Gasteiger partial charge in [0.1, 0.15) is 12.4 Å². The van der Waals surface area contributed by atoms with Crippen LogP contribution in [-0.4, -0.2) is 52.5 Å². The molecule has 0 radical (unpaired) electrons. The predicted molar refractivity (Wildman–Crippen MR) is 164 cm³/mol. The number of amides is 1. The first-order chi connectivity index (χ1) is 20.2. The summed E-state index contributed by atoms with van der Waals surface area (Å²) in [5.41, 5.74) is 5.84. The number of nitrogens with one attached hydrogen (secondary N) is 2. The number of rotatable bonds is 9. The van der Waals surface area contributed by atoms with Crippen LogP contribution in [0.1, 0.15) is 45.1 Å². The number of hydrogen-bond acceptors (Lipinski definition) is 6. The largest absolute Gasteiger partial charge is 0.495 e. The second-order valence-corrected chi connectivity index (χ2v) is 10.3. The van der Waals surface area contributed by atoms with E-state index in [0.717, 1.165) is 34.0 Å². The fourth-order valence-corrected chi connectivity index (χ4v) is 5.82. The summed E-state index contributed by atoms with van der Waals surface area (Å²) in [6.07, 6.45) is 1.75.